The number of rotatable bonds is 1. The summed E-state index contributed by atoms with van der Waals surface area (Å²) in [5.41, 5.74) is -0.000218. The number of hydrogen-bond acceptors (Lipinski definition) is 2. The molecule has 1 aliphatic heterocycles. The molecule has 1 heterocycles. The van der Waals surface area contributed by atoms with Gasteiger partial charge in [-0.05, 0) is 33.0 Å². The van der Waals surface area contributed by atoms with E-state index in [1.165, 1.54) is 32.1 Å². The molecule has 2 rings (SSSR count). The summed E-state index contributed by atoms with van der Waals surface area (Å²) in [5, 5.41) is 0. The fourth-order valence-corrected chi connectivity index (χ4v) is 2.97. The van der Waals surface area contributed by atoms with Gasteiger partial charge in [-0.2, -0.15) is 0 Å². The minimum absolute atomic E-state index is 0.000218. The van der Waals surface area contributed by atoms with Crippen molar-refractivity contribution in [2.45, 2.75) is 76.8 Å². The van der Waals surface area contributed by atoms with Gasteiger partial charge >= 0.3 is 7.12 Å². The van der Waals surface area contributed by atoms with Crippen molar-refractivity contribution in [2.24, 2.45) is 0 Å². The quantitative estimate of drug-likeness (QED) is 0.617. The van der Waals surface area contributed by atoms with Crippen LogP contribution in [0.4, 0.5) is 0 Å². The lowest BCUT2D eigenvalue weighted by Crippen LogP contribution is -2.48. The molecule has 0 N–H and O–H groups in total. The first-order valence-corrected chi connectivity index (χ1v) is 6.40. The van der Waals surface area contributed by atoms with Gasteiger partial charge in [0.2, 0.25) is 0 Å². The van der Waals surface area contributed by atoms with Crippen LogP contribution in [0.15, 0.2) is 0 Å². The summed E-state index contributed by atoms with van der Waals surface area (Å²) in [6.45, 7) is 6.53. The van der Waals surface area contributed by atoms with Gasteiger partial charge in [-0.3, -0.25) is 0 Å². The molecule has 1 saturated carbocycles. The molecule has 3 heteroatoms. The van der Waals surface area contributed by atoms with Crippen molar-refractivity contribution in [3.63, 3.8) is 0 Å². The fraction of sp³-hybridized carbons (Fsp3) is 1.00. The molecule has 0 spiro atoms. The highest BCUT2D eigenvalue weighted by molar-refractivity contribution is 6.46. The van der Waals surface area contributed by atoms with E-state index in [0.29, 0.717) is 11.9 Å². The van der Waals surface area contributed by atoms with E-state index in [2.05, 4.69) is 20.8 Å². The Kier molecular flexibility index (Phi) is 3.41. The average Bonchev–Trinajstić information content (AvgIpc) is 2.16. The summed E-state index contributed by atoms with van der Waals surface area (Å²) < 4.78 is 12.0. The highest BCUT2D eigenvalue weighted by Gasteiger charge is 2.41. The van der Waals surface area contributed by atoms with Crippen molar-refractivity contribution in [2.75, 3.05) is 0 Å². The summed E-state index contributed by atoms with van der Waals surface area (Å²) in [7, 11) is 0.0593. The van der Waals surface area contributed by atoms with Crippen molar-refractivity contribution in [3.05, 3.63) is 0 Å². The SMILES string of the molecule is CC1CC(C)(C)OB(C2CCCCC2)O1. The van der Waals surface area contributed by atoms with Crippen molar-refractivity contribution in [1.82, 2.24) is 0 Å². The van der Waals surface area contributed by atoms with Gasteiger partial charge in [0.05, 0.1) is 5.60 Å². The Morgan fingerprint density at radius 1 is 1.13 bits per heavy atom. The van der Waals surface area contributed by atoms with E-state index in [4.69, 9.17) is 9.31 Å². The molecule has 2 nitrogen and oxygen atoms in total. The Labute approximate surface area is 93.9 Å². The van der Waals surface area contributed by atoms with Crippen LogP contribution in [0.5, 0.6) is 0 Å². The zero-order chi connectivity index (χ0) is 10.9. The van der Waals surface area contributed by atoms with E-state index in [-0.39, 0.29) is 12.7 Å². The van der Waals surface area contributed by atoms with Gasteiger partial charge < -0.3 is 9.31 Å². The van der Waals surface area contributed by atoms with E-state index in [1.54, 1.807) is 0 Å². The molecule has 0 aromatic carbocycles. The van der Waals surface area contributed by atoms with Crippen molar-refractivity contribution >= 4 is 7.12 Å². The van der Waals surface area contributed by atoms with Gasteiger partial charge in [-0.25, -0.2) is 0 Å². The van der Waals surface area contributed by atoms with E-state index in [1.807, 2.05) is 0 Å². The lowest BCUT2D eigenvalue weighted by molar-refractivity contribution is -0.0339. The lowest BCUT2D eigenvalue weighted by Gasteiger charge is -2.41. The minimum atomic E-state index is -0.000218. The zero-order valence-electron chi connectivity index (χ0n) is 10.3. The smallest absolute Gasteiger partial charge is 0.408 e. The molecule has 0 radical (unpaired) electrons. The van der Waals surface area contributed by atoms with Crippen molar-refractivity contribution < 1.29 is 9.31 Å². The summed E-state index contributed by atoms with van der Waals surface area (Å²) in [4.78, 5) is 0. The molecule has 86 valence electrons. The van der Waals surface area contributed by atoms with E-state index >= 15 is 0 Å². The number of hydrogen-bond donors (Lipinski definition) is 0. The summed E-state index contributed by atoms with van der Waals surface area (Å²) in [6.07, 6.45) is 8.02. The molecule has 1 saturated heterocycles. The lowest BCUT2D eigenvalue weighted by atomic mass is 9.63. The molecule has 1 unspecified atom stereocenters. The predicted molar refractivity (Wildman–Crippen MR) is 62.9 cm³/mol. The molecule has 0 bridgehead atoms. The van der Waals surface area contributed by atoms with Crippen LogP contribution in [0.2, 0.25) is 5.82 Å². The molecule has 0 aromatic rings. The van der Waals surface area contributed by atoms with Crippen LogP contribution in [0, 0.1) is 0 Å². The van der Waals surface area contributed by atoms with Gasteiger partial charge in [-0.15, -0.1) is 0 Å². The Balaban J connectivity index is 1.95. The third kappa shape index (κ3) is 2.98. The second-order valence-corrected chi connectivity index (χ2v) is 5.79. The van der Waals surface area contributed by atoms with Crippen LogP contribution in [-0.2, 0) is 9.31 Å². The Hall–Kier alpha value is -0.0151. The highest BCUT2D eigenvalue weighted by atomic mass is 16.6. The highest BCUT2D eigenvalue weighted by Crippen LogP contribution is 2.37. The average molecular weight is 210 g/mol. The topological polar surface area (TPSA) is 18.5 Å². The second kappa shape index (κ2) is 4.46. The minimum Gasteiger partial charge on any atom is -0.408 e. The Bertz CT molecular complexity index is 212. The van der Waals surface area contributed by atoms with E-state index in [0.717, 1.165) is 6.42 Å². The van der Waals surface area contributed by atoms with Crippen molar-refractivity contribution in [1.29, 1.82) is 0 Å². The van der Waals surface area contributed by atoms with Gasteiger partial charge in [0.25, 0.3) is 0 Å². The molecule has 1 aliphatic carbocycles. The van der Waals surface area contributed by atoms with Crippen LogP contribution >= 0.6 is 0 Å². The first kappa shape index (κ1) is 11.5. The normalized spacial score (nSPS) is 33.0. The maximum Gasteiger partial charge on any atom is 0.460 e. The molecule has 0 aromatic heterocycles. The van der Waals surface area contributed by atoms with Gasteiger partial charge in [-0.1, -0.05) is 32.1 Å². The van der Waals surface area contributed by atoms with Crippen molar-refractivity contribution in [3.8, 4) is 0 Å². The third-order valence-electron chi connectivity index (χ3n) is 3.62. The molecule has 2 fully saturated rings. The molecule has 2 aliphatic rings. The van der Waals surface area contributed by atoms with Crippen LogP contribution in [-0.4, -0.2) is 18.8 Å². The van der Waals surface area contributed by atoms with Gasteiger partial charge in [0.15, 0.2) is 0 Å². The Morgan fingerprint density at radius 2 is 1.80 bits per heavy atom. The van der Waals surface area contributed by atoms with Crippen LogP contribution < -0.4 is 0 Å². The summed E-state index contributed by atoms with van der Waals surface area (Å²) in [5.74, 6) is 0.640. The first-order chi connectivity index (χ1) is 7.07. The first-order valence-electron chi connectivity index (χ1n) is 6.40. The third-order valence-corrected chi connectivity index (χ3v) is 3.62. The maximum absolute atomic E-state index is 6.06. The second-order valence-electron chi connectivity index (χ2n) is 5.79. The maximum atomic E-state index is 6.06. The molecule has 1 atom stereocenters. The fourth-order valence-electron chi connectivity index (χ4n) is 2.97. The van der Waals surface area contributed by atoms with Crippen LogP contribution in [0.3, 0.4) is 0 Å². The standard InChI is InChI=1S/C12H23BO2/c1-10-9-12(2,3)15-13(14-10)11-7-5-4-6-8-11/h10-11H,4-9H2,1-3H3. The Morgan fingerprint density at radius 3 is 2.40 bits per heavy atom. The molecular weight excluding hydrogens is 187 g/mol. The monoisotopic (exact) mass is 210 g/mol. The van der Waals surface area contributed by atoms with E-state index in [9.17, 15) is 0 Å². The van der Waals surface area contributed by atoms with Gasteiger partial charge in [0, 0.05) is 6.10 Å². The largest absolute Gasteiger partial charge is 0.460 e. The van der Waals surface area contributed by atoms with Crippen LogP contribution in [0.1, 0.15) is 59.3 Å². The molecule has 15 heavy (non-hydrogen) atoms. The molecule has 0 amide bonds. The zero-order valence-corrected chi connectivity index (χ0v) is 10.3. The van der Waals surface area contributed by atoms with Gasteiger partial charge in [0.1, 0.15) is 0 Å². The molecular formula is C12H23BO2. The van der Waals surface area contributed by atoms with E-state index < -0.39 is 0 Å². The summed E-state index contributed by atoms with van der Waals surface area (Å²) >= 11 is 0. The van der Waals surface area contributed by atoms with Crippen LogP contribution in [0.25, 0.3) is 0 Å². The predicted octanol–water partition coefficient (Wildman–Crippen LogP) is 3.41. The summed E-state index contributed by atoms with van der Waals surface area (Å²) in [6, 6.07) is 0.